The molecular weight excluding hydrogens is 458 g/mol. The maximum atomic E-state index is 13.6. The molecule has 0 saturated carbocycles. The van der Waals surface area contributed by atoms with E-state index < -0.39 is 11.0 Å². The molecule has 5 rings (SSSR count). The molecule has 8 heteroatoms. The number of non-ortho nitro benzene ring substituents is 1. The summed E-state index contributed by atoms with van der Waals surface area (Å²) in [5.41, 5.74) is 2.99. The molecule has 0 radical (unpaired) electrons. The zero-order chi connectivity index (χ0) is 25.6. The second-order valence-corrected chi connectivity index (χ2v) is 10.0. The van der Waals surface area contributed by atoms with Gasteiger partial charge in [0.15, 0.2) is 5.78 Å². The molecule has 1 aliphatic heterocycles. The summed E-state index contributed by atoms with van der Waals surface area (Å²) in [6.45, 7) is 5.91. The number of furan rings is 1. The summed E-state index contributed by atoms with van der Waals surface area (Å²) in [7, 11) is 0. The fraction of sp³-hybridized carbons (Fsp3) is 0.286. The summed E-state index contributed by atoms with van der Waals surface area (Å²) < 4.78 is 6.26. The lowest BCUT2D eigenvalue weighted by atomic mass is 9.74. The van der Waals surface area contributed by atoms with E-state index in [2.05, 4.69) is 19.2 Å². The van der Waals surface area contributed by atoms with Gasteiger partial charge in [-0.1, -0.05) is 45.0 Å². The van der Waals surface area contributed by atoms with Gasteiger partial charge in [0.05, 0.1) is 16.3 Å². The molecule has 0 fully saturated rings. The molecule has 2 heterocycles. The van der Waals surface area contributed by atoms with E-state index in [4.69, 9.17) is 4.42 Å². The minimum Gasteiger partial charge on any atom is -0.458 e. The molecule has 2 aromatic carbocycles. The minimum atomic E-state index is -0.764. The van der Waals surface area contributed by atoms with Crippen LogP contribution in [0, 0.1) is 15.5 Å². The number of anilines is 2. The summed E-state index contributed by atoms with van der Waals surface area (Å²) in [4.78, 5) is 39.5. The molecule has 1 atom stereocenters. The van der Waals surface area contributed by atoms with Crippen molar-refractivity contribution in [1.29, 1.82) is 0 Å². The average molecular weight is 486 g/mol. The van der Waals surface area contributed by atoms with Crippen LogP contribution < -0.4 is 10.2 Å². The highest BCUT2D eigenvalue weighted by Gasteiger charge is 2.44. The molecule has 184 valence electrons. The van der Waals surface area contributed by atoms with E-state index in [0.717, 1.165) is 11.4 Å². The van der Waals surface area contributed by atoms with Crippen LogP contribution in [-0.2, 0) is 9.59 Å². The van der Waals surface area contributed by atoms with Crippen molar-refractivity contribution < 1.29 is 18.9 Å². The molecule has 1 amide bonds. The number of hydrogen-bond acceptors (Lipinski definition) is 6. The number of benzene rings is 2. The molecule has 0 saturated heterocycles. The molecule has 1 aromatic heterocycles. The van der Waals surface area contributed by atoms with Crippen molar-refractivity contribution in [3.63, 3.8) is 0 Å². The van der Waals surface area contributed by atoms with Crippen LogP contribution in [0.5, 0.6) is 0 Å². The van der Waals surface area contributed by atoms with Crippen LogP contribution in [0.4, 0.5) is 17.1 Å². The predicted octanol–water partition coefficient (Wildman–Crippen LogP) is 6.41. The van der Waals surface area contributed by atoms with Gasteiger partial charge in [0.1, 0.15) is 17.6 Å². The molecular formula is C28H27N3O5. The molecule has 1 aliphatic carbocycles. The first-order valence-electron chi connectivity index (χ1n) is 12.0. The highest BCUT2D eigenvalue weighted by Crippen LogP contribution is 2.49. The smallest absolute Gasteiger partial charge is 0.270 e. The number of rotatable bonds is 4. The van der Waals surface area contributed by atoms with Crippen LogP contribution in [0.15, 0.2) is 76.4 Å². The van der Waals surface area contributed by atoms with E-state index in [-0.39, 0.29) is 29.2 Å². The summed E-state index contributed by atoms with van der Waals surface area (Å²) in [5, 5.41) is 14.7. The Morgan fingerprint density at radius 1 is 1.14 bits per heavy atom. The van der Waals surface area contributed by atoms with Gasteiger partial charge in [-0.2, -0.15) is 0 Å². The van der Waals surface area contributed by atoms with Crippen LogP contribution in [-0.4, -0.2) is 16.6 Å². The molecule has 0 bridgehead atoms. The summed E-state index contributed by atoms with van der Waals surface area (Å²) in [6.07, 6.45) is 1.24. The number of amides is 1. The largest absolute Gasteiger partial charge is 0.458 e. The SMILES string of the molecule is CCC(=O)N1c2ccccc2NC2=C(C(=O)CC(C)(C)C2)C1c1ccc(-c2cccc([N+](=O)[O-])c2)o1. The number of nitrogens with zero attached hydrogens (tertiary/aromatic N) is 2. The topological polar surface area (TPSA) is 106 Å². The van der Waals surface area contributed by atoms with Crippen LogP contribution in [0.1, 0.15) is 51.8 Å². The fourth-order valence-corrected chi connectivity index (χ4v) is 5.13. The van der Waals surface area contributed by atoms with Crippen LogP contribution in [0.3, 0.4) is 0 Å². The number of allylic oxidation sites excluding steroid dienone is 1. The Balaban J connectivity index is 1.71. The number of nitrogens with one attached hydrogen (secondary N) is 1. The normalized spacial score (nSPS) is 18.7. The first kappa shape index (κ1) is 23.5. The molecule has 36 heavy (non-hydrogen) atoms. The molecule has 2 aliphatic rings. The average Bonchev–Trinajstić information content (AvgIpc) is 3.27. The summed E-state index contributed by atoms with van der Waals surface area (Å²) in [5.74, 6) is 0.675. The Hall–Kier alpha value is -4.20. The number of Topliss-reactive ketones (excluding diaryl/α,β-unsaturated/α-hetero) is 1. The van der Waals surface area contributed by atoms with E-state index >= 15 is 0 Å². The van der Waals surface area contributed by atoms with Crippen molar-refractivity contribution in [3.05, 3.63) is 87.8 Å². The number of nitro groups is 1. The van der Waals surface area contributed by atoms with Gasteiger partial charge in [0.2, 0.25) is 5.91 Å². The summed E-state index contributed by atoms with van der Waals surface area (Å²) in [6, 6.07) is 16.4. The van der Waals surface area contributed by atoms with E-state index in [1.807, 2.05) is 24.3 Å². The first-order chi connectivity index (χ1) is 17.2. The number of carbonyl (C=O) groups is 2. The lowest BCUT2D eigenvalue weighted by Gasteiger charge is -2.36. The van der Waals surface area contributed by atoms with Gasteiger partial charge in [-0.05, 0) is 36.1 Å². The van der Waals surface area contributed by atoms with Gasteiger partial charge in [-0.15, -0.1) is 0 Å². The molecule has 1 N–H and O–H groups in total. The third-order valence-corrected chi connectivity index (χ3v) is 6.71. The maximum Gasteiger partial charge on any atom is 0.270 e. The van der Waals surface area contributed by atoms with E-state index in [1.54, 1.807) is 36.1 Å². The number of hydrogen-bond donors (Lipinski definition) is 1. The lowest BCUT2D eigenvalue weighted by molar-refractivity contribution is -0.384. The maximum absolute atomic E-state index is 13.6. The highest BCUT2D eigenvalue weighted by molar-refractivity contribution is 6.06. The quantitative estimate of drug-likeness (QED) is 0.338. The van der Waals surface area contributed by atoms with Crippen molar-refractivity contribution in [2.24, 2.45) is 5.41 Å². The predicted molar refractivity (Wildman–Crippen MR) is 136 cm³/mol. The molecule has 8 nitrogen and oxygen atoms in total. The summed E-state index contributed by atoms with van der Waals surface area (Å²) >= 11 is 0. The molecule has 0 spiro atoms. The standard InChI is InChI=1S/C28H27N3O5/c1-4-25(33)30-21-11-6-5-10-19(21)29-20-15-28(2,3)16-22(32)26(20)27(30)24-13-12-23(36-24)17-8-7-9-18(14-17)31(34)35/h5-14,27,29H,4,15-16H2,1-3H3. The van der Waals surface area contributed by atoms with Gasteiger partial charge in [0, 0.05) is 41.8 Å². The van der Waals surface area contributed by atoms with Gasteiger partial charge in [-0.3, -0.25) is 24.6 Å². The second kappa shape index (κ2) is 8.78. The Bertz CT molecular complexity index is 1420. The Kier molecular flexibility index (Phi) is 5.74. The molecule has 3 aromatic rings. The number of fused-ring (bicyclic) bond motifs is 1. The first-order valence-corrected chi connectivity index (χ1v) is 12.0. The third-order valence-electron chi connectivity index (χ3n) is 6.71. The number of carbonyl (C=O) groups excluding carboxylic acids is 2. The second-order valence-electron chi connectivity index (χ2n) is 10.0. The Morgan fingerprint density at radius 3 is 2.67 bits per heavy atom. The van der Waals surface area contributed by atoms with Crippen molar-refractivity contribution in [1.82, 2.24) is 0 Å². The van der Waals surface area contributed by atoms with Crippen molar-refractivity contribution in [2.75, 3.05) is 10.2 Å². The Labute approximate surface area is 208 Å². The van der Waals surface area contributed by atoms with E-state index in [0.29, 0.717) is 41.2 Å². The van der Waals surface area contributed by atoms with E-state index in [9.17, 15) is 19.7 Å². The highest BCUT2D eigenvalue weighted by atomic mass is 16.6. The number of nitro benzene ring substituents is 1. The third kappa shape index (κ3) is 4.08. The van der Waals surface area contributed by atoms with Gasteiger partial charge < -0.3 is 9.73 Å². The van der Waals surface area contributed by atoms with Crippen molar-refractivity contribution in [3.8, 4) is 11.3 Å². The zero-order valence-corrected chi connectivity index (χ0v) is 20.4. The van der Waals surface area contributed by atoms with Gasteiger partial charge in [0.25, 0.3) is 5.69 Å². The van der Waals surface area contributed by atoms with Crippen LogP contribution in [0.25, 0.3) is 11.3 Å². The zero-order valence-electron chi connectivity index (χ0n) is 20.4. The fourth-order valence-electron chi connectivity index (χ4n) is 5.13. The minimum absolute atomic E-state index is 0.0336. The van der Waals surface area contributed by atoms with Crippen molar-refractivity contribution >= 4 is 28.8 Å². The van der Waals surface area contributed by atoms with E-state index in [1.165, 1.54) is 12.1 Å². The number of ketones is 1. The lowest BCUT2D eigenvalue weighted by Crippen LogP contribution is -2.39. The number of para-hydroxylation sites is 2. The van der Waals surface area contributed by atoms with Crippen LogP contribution in [0.2, 0.25) is 0 Å². The van der Waals surface area contributed by atoms with Crippen molar-refractivity contribution in [2.45, 2.75) is 46.1 Å². The van der Waals surface area contributed by atoms with Gasteiger partial charge in [-0.25, -0.2) is 0 Å². The Morgan fingerprint density at radius 2 is 1.92 bits per heavy atom. The van der Waals surface area contributed by atoms with Crippen LogP contribution >= 0.6 is 0 Å². The molecule has 1 unspecified atom stereocenters. The van der Waals surface area contributed by atoms with Gasteiger partial charge >= 0.3 is 0 Å². The monoisotopic (exact) mass is 485 g/mol.